The molecular weight excluding hydrogens is 192 g/mol. The van der Waals surface area contributed by atoms with Crippen molar-refractivity contribution in [2.75, 3.05) is 7.11 Å². The monoisotopic (exact) mass is 204 g/mol. The topological polar surface area (TPSA) is 9.23 Å². The predicted molar refractivity (Wildman–Crippen MR) is 61.0 cm³/mol. The maximum absolute atomic E-state index is 5.26. The van der Waals surface area contributed by atoms with Gasteiger partial charge in [-0.1, -0.05) is 30.3 Å². The van der Waals surface area contributed by atoms with Gasteiger partial charge in [0.15, 0.2) is 0 Å². The molecule has 1 nitrogen and oxygen atoms in total. The van der Waals surface area contributed by atoms with Crippen molar-refractivity contribution >= 4 is 11.3 Å². The van der Waals surface area contributed by atoms with Gasteiger partial charge in [-0.05, 0) is 12.5 Å². The number of benzene rings is 1. The quantitative estimate of drug-likeness (QED) is 0.724. The summed E-state index contributed by atoms with van der Waals surface area (Å²) in [6.45, 7) is 2.09. The average Bonchev–Trinajstić information content (AvgIpc) is 2.61. The Morgan fingerprint density at radius 3 is 2.43 bits per heavy atom. The molecule has 0 unspecified atom stereocenters. The molecule has 0 atom stereocenters. The zero-order chi connectivity index (χ0) is 9.97. The van der Waals surface area contributed by atoms with Crippen molar-refractivity contribution < 1.29 is 4.74 Å². The highest BCUT2D eigenvalue weighted by Gasteiger charge is 2.08. The molecule has 0 saturated carbocycles. The fraction of sp³-hybridized carbons (Fsp3) is 0.167. The van der Waals surface area contributed by atoms with Crippen LogP contribution >= 0.6 is 11.3 Å². The first-order chi connectivity index (χ1) is 6.83. The molecule has 72 valence electrons. The Balaban J connectivity index is 2.48. The van der Waals surface area contributed by atoms with Crippen molar-refractivity contribution in [3.8, 4) is 16.2 Å². The first-order valence-corrected chi connectivity index (χ1v) is 5.38. The fourth-order valence-electron chi connectivity index (χ4n) is 1.48. The molecule has 0 amide bonds. The van der Waals surface area contributed by atoms with E-state index in [1.54, 1.807) is 18.4 Å². The lowest BCUT2D eigenvalue weighted by atomic mass is 10.1. The smallest absolute Gasteiger partial charge is 0.133 e. The van der Waals surface area contributed by atoms with Gasteiger partial charge in [0.2, 0.25) is 0 Å². The fourth-order valence-corrected chi connectivity index (χ4v) is 2.52. The Labute approximate surface area is 88.0 Å². The molecule has 1 aromatic carbocycles. The molecule has 1 heterocycles. The van der Waals surface area contributed by atoms with Crippen LogP contribution in [0, 0.1) is 6.92 Å². The van der Waals surface area contributed by atoms with Crippen LogP contribution in [0.2, 0.25) is 0 Å². The second-order valence-corrected chi connectivity index (χ2v) is 4.00. The van der Waals surface area contributed by atoms with E-state index in [-0.39, 0.29) is 0 Å². The summed E-state index contributed by atoms with van der Waals surface area (Å²) in [7, 11) is 1.71. The van der Waals surface area contributed by atoms with Gasteiger partial charge in [-0.3, -0.25) is 0 Å². The normalized spacial score (nSPS) is 10.1. The summed E-state index contributed by atoms with van der Waals surface area (Å²) in [5.74, 6) is 0.980. The van der Waals surface area contributed by atoms with E-state index in [9.17, 15) is 0 Å². The van der Waals surface area contributed by atoms with Gasteiger partial charge in [0.1, 0.15) is 5.75 Å². The summed E-state index contributed by atoms with van der Waals surface area (Å²) in [5.41, 5.74) is 2.49. The third kappa shape index (κ3) is 1.53. The number of rotatable bonds is 2. The highest BCUT2D eigenvalue weighted by molar-refractivity contribution is 7.14. The molecule has 0 bridgehead atoms. The van der Waals surface area contributed by atoms with Gasteiger partial charge in [0.25, 0.3) is 0 Å². The van der Waals surface area contributed by atoms with E-state index in [0.29, 0.717) is 0 Å². The van der Waals surface area contributed by atoms with Gasteiger partial charge in [-0.15, -0.1) is 11.3 Å². The van der Waals surface area contributed by atoms with E-state index in [1.807, 2.05) is 6.07 Å². The highest BCUT2D eigenvalue weighted by atomic mass is 32.1. The summed E-state index contributed by atoms with van der Waals surface area (Å²) in [5, 5.41) is 2.05. The Bertz CT molecular complexity index is 417. The predicted octanol–water partition coefficient (Wildman–Crippen LogP) is 3.73. The molecular formula is C12H12OS. The minimum Gasteiger partial charge on any atom is -0.496 e. The van der Waals surface area contributed by atoms with Crippen LogP contribution in [0.5, 0.6) is 5.75 Å². The number of ether oxygens (including phenoxy) is 1. The molecule has 0 aliphatic heterocycles. The zero-order valence-corrected chi connectivity index (χ0v) is 9.10. The van der Waals surface area contributed by atoms with Gasteiger partial charge in [-0.25, -0.2) is 0 Å². The van der Waals surface area contributed by atoms with Crippen LogP contribution in [0.25, 0.3) is 10.4 Å². The SMILES string of the molecule is COc1csc(-c2ccccc2)c1C. The molecule has 1 aromatic heterocycles. The average molecular weight is 204 g/mol. The molecule has 2 heteroatoms. The molecule has 0 aliphatic rings. The molecule has 0 saturated heterocycles. The van der Waals surface area contributed by atoms with Crippen LogP contribution in [0.4, 0.5) is 0 Å². The van der Waals surface area contributed by atoms with Gasteiger partial charge >= 0.3 is 0 Å². The first kappa shape index (κ1) is 9.28. The number of thiophene rings is 1. The molecule has 2 rings (SSSR count). The summed E-state index contributed by atoms with van der Waals surface area (Å²) >= 11 is 1.73. The highest BCUT2D eigenvalue weighted by Crippen LogP contribution is 2.36. The summed E-state index contributed by atoms with van der Waals surface area (Å²) < 4.78 is 5.26. The lowest BCUT2D eigenvalue weighted by Crippen LogP contribution is -1.82. The Morgan fingerprint density at radius 2 is 1.86 bits per heavy atom. The van der Waals surface area contributed by atoms with Crippen molar-refractivity contribution in [1.29, 1.82) is 0 Å². The van der Waals surface area contributed by atoms with E-state index >= 15 is 0 Å². The molecule has 0 spiro atoms. The summed E-state index contributed by atoms with van der Waals surface area (Å²) in [6, 6.07) is 10.4. The molecule has 2 aromatic rings. The molecule has 14 heavy (non-hydrogen) atoms. The van der Waals surface area contributed by atoms with Gasteiger partial charge in [-0.2, -0.15) is 0 Å². The number of hydrogen-bond donors (Lipinski definition) is 0. The minimum absolute atomic E-state index is 0.980. The Morgan fingerprint density at radius 1 is 1.14 bits per heavy atom. The van der Waals surface area contributed by atoms with Crippen molar-refractivity contribution in [3.05, 3.63) is 41.3 Å². The van der Waals surface area contributed by atoms with E-state index in [1.165, 1.54) is 16.0 Å². The second kappa shape index (κ2) is 3.84. The van der Waals surface area contributed by atoms with Gasteiger partial charge in [0, 0.05) is 15.8 Å². The van der Waals surface area contributed by atoms with Crippen LogP contribution in [0.1, 0.15) is 5.56 Å². The largest absolute Gasteiger partial charge is 0.496 e. The van der Waals surface area contributed by atoms with Gasteiger partial charge in [0.05, 0.1) is 7.11 Å². The minimum atomic E-state index is 0.980. The van der Waals surface area contributed by atoms with Crippen LogP contribution < -0.4 is 4.74 Å². The van der Waals surface area contributed by atoms with Crippen molar-refractivity contribution in [2.45, 2.75) is 6.92 Å². The van der Waals surface area contributed by atoms with Crippen LogP contribution in [0.15, 0.2) is 35.7 Å². The lowest BCUT2D eigenvalue weighted by molar-refractivity contribution is 0.414. The van der Waals surface area contributed by atoms with Crippen LogP contribution in [-0.4, -0.2) is 7.11 Å². The van der Waals surface area contributed by atoms with Crippen LogP contribution in [-0.2, 0) is 0 Å². The first-order valence-electron chi connectivity index (χ1n) is 4.50. The second-order valence-electron chi connectivity index (χ2n) is 3.12. The summed E-state index contributed by atoms with van der Waals surface area (Å²) in [6.07, 6.45) is 0. The number of methoxy groups -OCH3 is 1. The third-order valence-corrected chi connectivity index (χ3v) is 3.36. The van der Waals surface area contributed by atoms with Crippen molar-refractivity contribution in [2.24, 2.45) is 0 Å². The van der Waals surface area contributed by atoms with Crippen molar-refractivity contribution in [1.82, 2.24) is 0 Å². The number of hydrogen-bond acceptors (Lipinski definition) is 2. The van der Waals surface area contributed by atoms with Crippen molar-refractivity contribution in [3.63, 3.8) is 0 Å². The zero-order valence-electron chi connectivity index (χ0n) is 8.28. The van der Waals surface area contributed by atoms with E-state index in [2.05, 4.69) is 36.6 Å². The molecule has 0 aliphatic carbocycles. The summed E-state index contributed by atoms with van der Waals surface area (Å²) in [4.78, 5) is 1.29. The Hall–Kier alpha value is -1.28. The molecule has 0 fully saturated rings. The lowest BCUT2D eigenvalue weighted by Gasteiger charge is -2.00. The van der Waals surface area contributed by atoms with E-state index < -0.39 is 0 Å². The van der Waals surface area contributed by atoms with Gasteiger partial charge < -0.3 is 4.74 Å². The van der Waals surface area contributed by atoms with E-state index in [4.69, 9.17) is 4.74 Å². The molecule has 0 N–H and O–H groups in total. The standard InChI is InChI=1S/C12H12OS/c1-9-11(13-2)8-14-12(9)10-6-4-3-5-7-10/h3-8H,1-2H3. The Kier molecular flexibility index (Phi) is 2.55. The third-order valence-electron chi connectivity index (χ3n) is 2.25. The van der Waals surface area contributed by atoms with E-state index in [0.717, 1.165) is 5.75 Å². The maximum Gasteiger partial charge on any atom is 0.133 e. The molecule has 0 radical (unpaired) electrons. The maximum atomic E-state index is 5.26. The van der Waals surface area contributed by atoms with Crippen LogP contribution in [0.3, 0.4) is 0 Å².